The second-order valence-corrected chi connectivity index (χ2v) is 8.54. The summed E-state index contributed by atoms with van der Waals surface area (Å²) in [5.41, 5.74) is 1.83. The first-order valence-electron chi connectivity index (χ1n) is 11.0. The van der Waals surface area contributed by atoms with E-state index in [9.17, 15) is 0 Å². The molecule has 1 aliphatic carbocycles. The van der Waals surface area contributed by atoms with Gasteiger partial charge in [0.15, 0.2) is 5.96 Å². The van der Waals surface area contributed by atoms with E-state index < -0.39 is 0 Å². The summed E-state index contributed by atoms with van der Waals surface area (Å²) in [6.07, 6.45) is 6.08. The summed E-state index contributed by atoms with van der Waals surface area (Å²) >= 11 is 0. The van der Waals surface area contributed by atoms with Crippen molar-refractivity contribution in [3.05, 3.63) is 35.9 Å². The van der Waals surface area contributed by atoms with Gasteiger partial charge in [-0.2, -0.15) is 0 Å². The summed E-state index contributed by atoms with van der Waals surface area (Å²) in [5, 5.41) is 7.25. The van der Waals surface area contributed by atoms with Crippen molar-refractivity contribution in [2.45, 2.75) is 64.6 Å². The summed E-state index contributed by atoms with van der Waals surface area (Å²) in [5.74, 6) is 0.955. The van der Waals surface area contributed by atoms with E-state index in [2.05, 4.69) is 64.7 Å². The predicted molar refractivity (Wildman–Crippen MR) is 132 cm³/mol. The zero-order valence-corrected chi connectivity index (χ0v) is 20.7. The van der Waals surface area contributed by atoms with Crippen LogP contribution in [0.15, 0.2) is 35.3 Å². The van der Waals surface area contributed by atoms with E-state index in [0.29, 0.717) is 17.5 Å². The van der Waals surface area contributed by atoms with Gasteiger partial charge in [-0.15, -0.1) is 24.0 Å². The van der Waals surface area contributed by atoms with Crippen molar-refractivity contribution in [1.82, 2.24) is 15.5 Å². The Labute approximate surface area is 194 Å². The van der Waals surface area contributed by atoms with Gasteiger partial charge in [0.05, 0.1) is 0 Å². The van der Waals surface area contributed by atoms with Crippen LogP contribution in [0.1, 0.15) is 51.5 Å². The number of rotatable bonds is 9. The third-order valence-corrected chi connectivity index (χ3v) is 6.38. The number of likely N-dealkylation sites (tertiary alicyclic amines) is 1. The van der Waals surface area contributed by atoms with Crippen molar-refractivity contribution in [3.8, 4) is 0 Å². The molecule has 3 rings (SSSR count). The second kappa shape index (κ2) is 12.1. The molecule has 0 bridgehead atoms. The monoisotopic (exact) mass is 514 g/mol. The van der Waals surface area contributed by atoms with E-state index in [1.165, 1.54) is 18.4 Å². The molecule has 0 amide bonds. The summed E-state index contributed by atoms with van der Waals surface area (Å²) in [7, 11) is 1.88. The van der Waals surface area contributed by atoms with Gasteiger partial charge in [0, 0.05) is 52.0 Å². The first-order chi connectivity index (χ1) is 13.6. The number of nitrogens with zero attached hydrogens (tertiary/aromatic N) is 2. The molecule has 1 aromatic rings. The predicted octanol–water partition coefficient (Wildman–Crippen LogP) is 4.03. The molecule has 2 unspecified atom stereocenters. The zero-order chi connectivity index (χ0) is 19.8. The fourth-order valence-corrected chi connectivity index (χ4v) is 4.19. The first kappa shape index (κ1) is 24.4. The molecule has 2 atom stereocenters. The van der Waals surface area contributed by atoms with Gasteiger partial charge >= 0.3 is 0 Å². The number of ether oxygens (including phenoxy) is 1. The molecule has 2 aliphatic rings. The third kappa shape index (κ3) is 7.72. The Morgan fingerprint density at radius 3 is 2.66 bits per heavy atom. The van der Waals surface area contributed by atoms with Gasteiger partial charge in [-0.3, -0.25) is 9.89 Å². The van der Waals surface area contributed by atoms with Crippen LogP contribution in [0, 0.1) is 5.41 Å². The highest BCUT2D eigenvalue weighted by Crippen LogP contribution is 2.48. The van der Waals surface area contributed by atoms with Crippen molar-refractivity contribution in [2.24, 2.45) is 10.4 Å². The summed E-state index contributed by atoms with van der Waals surface area (Å²) in [6, 6.07) is 11.9. The molecule has 2 fully saturated rings. The van der Waals surface area contributed by atoms with Crippen molar-refractivity contribution in [3.63, 3.8) is 0 Å². The minimum Gasteiger partial charge on any atom is -0.382 e. The maximum atomic E-state index is 5.55. The lowest BCUT2D eigenvalue weighted by Crippen LogP contribution is -2.51. The van der Waals surface area contributed by atoms with E-state index >= 15 is 0 Å². The topological polar surface area (TPSA) is 48.9 Å². The van der Waals surface area contributed by atoms with Crippen molar-refractivity contribution >= 4 is 29.9 Å². The lowest BCUT2D eigenvalue weighted by atomic mass is 9.97. The molecule has 1 aromatic carbocycles. The first-order valence-corrected chi connectivity index (χ1v) is 11.0. The van der Waals surface area contributed by atoms with Crippen molar-refractivity contribution < 1.29 is 4.74 Å². The van der Waals surface area contributed by atoms with Crippen LogP contribution in [0.25, 0.3) is 0 Å². The molecule has 29 heavy (non-hydrogen) atoms. The molecular formula is C23H39IN4O. The normalized spacial score (nSPS) is 23.9. The average Bonchev–Trinajstić information content (AvgIpc) is 3.48. The molecule has 0 aromatic heterocycles. The quantitative estimate of drug-likeness (QED) is 0.226. The highest BCUT2D eigenvalue weighted by atomic mass is 127. The number of aliphatic imine (C=N–C) groups is 1. The van der Waals surface area contributed by atoms with Crippen LogP contribution >= 0.6 is 24.0 Å². The fraction of sp³-hybridized carbons (Fsp3) is 0.696. The number of halogens is 1. The Morgan fingerprint density at radius 2 is 2.03 bits per heavy atom. The molecule has 0 spiro atoms. The molecule has 1 saturated heterocycles. The molecule has 164 valence electrons. The fourth-order valence-electron chi connectivity index (χ4n) is 4.19. The average molecular weight is 514 g/mol. The minimum absolute atomic E-state index is 0. The minimum atomic E-state index is 0. The Bertz CT molecular complexity index is 621. The van der Waals surface area contributed by atoms with Crippen LogP contribution in [-0.2, 0) is 11.3 Å². The maximum absolute atomic E-state index is 5.55. The maximum Gasteiger partial charge on any atom is 0.191 e. The Balaban J connectivity index is 0.00000300. The Kier molecular flexibility index (Phi) is 10.2. The highest BCUT2D eigenvalue weighted by molar-refractivity contribution is 14.0. The van der Waals surface area contributed by atoms with Crippen LogP contribution in [0.5, 0.6) is 0 Å². The van der Waals surface area contributed by atoms with Crippen LogP contribution < -0.4 is 10.6 Å². The number of hydrogen-bond acceptors (Lipinski definition) is 3. The van der Waals surface area contributed by atoms with E-state index in [1.807, 2.05) is 7.05 Å². The number of guanidine groups is 1. The lowest BCUT2D eigenvalue weighted by Gasteiger charge is -2.38. The Hall–Kier alpha value is -0.860. The van der Waals surface area contributed by atoms with Gasteiger partial charge in [0.1, 0.15) is 0 Å². The van der Waals surface area contributed by atoms with Gasteiger partial charge in [-0.05, 0) is 56.9 Å². The molecular weight excluding hydrogens is 475 g/mol. The van der Waals surface area contributed by atoms with Crippen LogP contribution in [0.2, 0.25) is 0 Å². The molecule has 6 heteroatoms. The van der Waals surface area contributed by atoms with Gasteiger partial charge in [0.2, 0.25) is 0 Å². The van der Waals surface area contributed by atoms with E-state index in [0.717, 1.165) is 58.1 Å². The van der Waals surface area contributed by atoms with Gasteiger partial charge in [-0.25, -0.2) is 0 Å². The number of nitrogens with one attached hydrogen (secondary N) is 2. The molecule has 5 nitrogen and oxygen atoms in total. The van der Waals surface area contributed by atoms with Crippen molar-refractivity contribution in [1.29, 1.82) is 0 Å². The third-order valence-electron chi connectivity index (χ3n) is 6.38. The van der Waals surface area contributed by atoms with Gasteiger partial charge in [0.25, 0.3) is 0 Å². The molecule has 0 radical (unpaired) electrons. The molecule has 1 heterocycles. The van der Waals surface area contributed by atoms with Crippen molar-refractivity contribution in [2.75, 3.05) is 33.4 Å². The summed E-state index contributed by atoms with van der Waals surface area (Å²) in [4.78, 5) is 7.06. The van der Waals surface area contributed by atoms with Crippen LogP contribution in [0.4, 0.5) is 0 Å². The SMILES string of the molecule is CCOCCC1(CNC(=NC)NC2CCN(Cc3ccccc3)C(C)C2)CC1.I. The van der Waals surface area contributed by atoms with Gasteiger partial charge < -0.3 is 15.4 Å². The summed E-state index contributed by atoms with van der Waals surface area (Å²) < 4.78 is 5.55. The van der Waals surface area contributed by atoms with Gasteiger partial charge in [-0.1, -0.05) is 30.3 Å². The zero-order valence-electron chi connectivity index (χ0n) is 18.3. The molecule has 1 saturated carbocycles. The lowest BCUT2D eigenvalue weighted by molar-refractivity contribution is 0.128. The smallest absolute Gasteiger partial charge is 0.191 e. The van der Waals surface area contributed by atoms with E-state index in [-0.39, 0.29) is 24.0 Å². The number of benzene rings is 1. The van der Waals surface area contributed by atoms with E-state index in [4.69, 9.17) is 4.74 Å². The van der Waals surface area contributed by atoms with Crippen LogP contribution in [0.3, 0.4) is 0 Å². The molecule has 1 aliphatic heterocycles. The van der Waals surface area contributed by atoms with Crippen LogP contribution in [-0.4, -0.2) is 56.3 Å². The number of hydrogen-bond donors (Lipinski definition) is 2. The standard InChI is InChI=1S/C23H38N4O.HI/c1-4-28-15-13-23(11-12-23)18-25-22(24-3)26-21-10-14-27(19(2)16-21)17-20-8-6-5-7-9-20;/h5-9,19,21H,4,10-18H2,1-3H3,(H2,24,25,26);1H. The largest absolute Gasteiger partial charge is 0.382 e. The second-order valence-electron chi connectivity index (χ2n) is 8.54. The molecule has 2 N–H and O–H groups in total. The Morgan fingerprint density at radius 1 is 1.28 bits per heavy atom. The summed E-state index contributed by atoms with van der Waals surface area (Å²) in [6.45, 7) is 9.28. The highest BCUT2D eigenvalue weighted by Gasteiger charge is 2.42. The number of piperidine rings is 1. The van der Waals surface area contributed by atoms with E-state index in [1.54, 1.807) is 0 Å².